The molecule has 1 rings (SSSR count). The summed E-state index contributed by atoms with van der Waals surface area (Å²) in [7, 11) is 0. The quantitative estimate of drug-likeness (QED) is 0.642. The average Bonchev–Trinajstić information content (AvgIpc) is 2.94. The normalized spacial score (nSPS) is 24.6. The molecule has 0 aromatic rings. The van der Waals surface area contributed by atoms with Gasteiger partial charge in [-0.1, -0.05) is 20.3 Å². The highest BCUT2D eigenvalue weighted by Crippen LogP contribution is 2.32. The van der Waals surface area contributed by atoms with Crippen molar-refractivity contribution in [2.24, 2.45) is 5.92 Å². The van der Waals surface area contributed by atoms with Crippen molar-refractivity contribution in [2.45, 2.75) is 51.6 Å². The van der Waals surface area contributed by atoms with Crippen molar-refractivity contribution in [3.63, 3.8) is 0 Å². The largest absolute Gasteiger partial charge is 0.481 e. The smallest absolute Gasteiger partial charge is 0.315 e. The Balaban J connectivity index is 2.24. The second kappa shape index (κ2) is 5.72. The Morgan fingerprint density at radius 1 is 1.44 bits per heavy atom. The summed E-state index contributed by atoms with van der Waals surface area (Å²) in [6, 6.07) is -0.238. The number of carbonyl (C=O) groups is 2. The van der Waals surface area contributed by atoms with Crippen LogP contribution < -0.4 is 10.6 Å². The van der Waals surface area contributed by atoms with E-state index in [1.54, 1.807) is 0 Å². The first-order valence-corrected chi connectivity index (χ1v) is 5.85. The van der Waals surface area contributed by atoms with E-state index in [1.165, 1.54) is 0 Å². The van der Waals surface area contributed by atoms with E-state index in [-0.39, 0.29) is 24.5 Å². The number of urea groups is 1. The molecule has 2 amide bonds. The Hall–Kier alpha value is -1.26. The van der Waals surface area contributed by atoms with Gasteiger partial charge in [0.1, 0.15) is 0 Å². The first kappa shape index (κ1) is 12.8. The predicted molar refractivity (Wildman–Crippen MR) is 60.2 cm³/mol. The van der Waals surface area contributed by atoms with Crippen LogP contribution in [0.2, 0.25) is 0 Å². The van der Waals surface area contributed by atoms with Crippen LogP contribution in [0.1, 0.15) is 39.5 Å². The van der Waals surface area contributed by atoms with E-state index in [2.05, 4.69) is 17.6 Å². The fourth-order valence-electron chi connectivity index (χ4n) is 1.78. The summed E-state index contributed by atoms with van der Waals surface area (Å²) in [5.41, 5.74) is 0. The Bertz CT molecular complexity index is 268. The Kier molecular flexibility index (Phi) is 4.58. The van der Waals surface area contributed by atoms with Gasteiger partial charge in [-0.3, -0.25) is 4.79 Å². The van der Waals surface area contributed by atoms with Crippen LogP contribution >= 0.6 is 0 Å². The molecule has 0 spiro atoms. The monoisotopic (exact) mass is 228 g/mol. The first-order chi connectivity index (χ1) is 7.56. The fraction of sp³-hybridized carbons (Fsp3) is 0.818. The Labute approximate surface area is 95.6 Å². The minimum Gasteiger partial charge on any atom is -0.481 e. The molecule has 3 N–H and O–H groups in total. The molecule has 5 heteroatoms. The van der Waals surface area contributed by atoms with Gasteiger partial charge in [0.2, 0.25) is 0 Å². The van der Waals surface area contributed by atoms with E-state index in [4.69, 9.17) is 5.11 Å². The van der Waals surface area contributed by atoms with Crippen molar-refractivity contribution in [2.75, 3.05) is 0 Å². The number of hydrogen-bond acceptors (Lipinski definition) is 2. The van der Waals surface area contributed by atoms with Crippen LogP contribution in [-0.4, -0.2) is 29.2 Å². The molecule has 0 bridgehead atoms. The third kappa shape index (κ3) is 4.08. The highest BCUT2D eigenvalue weighted by molar-refractivity contribution is 5.76. The zero-order valence-corrected chi connectivity index (χ0v) is 9.82. The van der Waals surface area contributed by atoms with Gasteiger partial charge in [-0.05, 0) is 18.8 Å². The molecule has 1 aliphatic carbocycles. The van der Waals surface area contributed by atoms with Crippen molar-refractivity contribution in [3.8, 4) is 0 Å². The van der Waals surface area contributed by atoms with Gasteiger partial charge in [0.05, 0.1) is 6.42 Å². The van der Waals surface area contributed by atoms with Crippen molar-refractivity contribution >= 4 is 12.0 Å². The second-order valence-corrected chi connectivity index (χ2v) is 4.33. The van der Waals surface area contributed by atoms with Gasteiger partial charge in [0.15, 0.2) is 0 Å². The van der Waals surface area contributed by atoms with Gasteiger partial charge in [0, 0.05) is 12.1 Å². The van der Waals surface area contributed by atoms with Crippen LogP contribution in [0.25, 0.3) is 0 Å². The molecule has 3 unspecified atom stereocenters. The maximum absolute atomic E-state index is 11.5. The molecule has 1 aliphatic rings. The topological polar surface area (TPSA) is 78.4 Å². The number of hydrogen-bond donors (Lipinski definition) is 3. The lowest BCUT2D eigenvalue weighted by Gasteiger charge is -2.15. The Morgan fingerprint density at radius 3 is 2.56 bits per heavy atom. The van der Waals surface area contributed by atoms with Crippen LogP contribution in [0.4, 0.5) is 4.79 Å². The van der Waals surface area contributed by atoms with Gasteiger partial charge >= 0.3 is 12.0 Å². The molecule has 5 nitrogen and oxygen atoms in total. The molecule has 0 aromatic heterocycles. The zero-order valence-electron chi connectivity index (χ0n) is 9.82. The van der Waals surface area contributed by atoms with Crippen LogP contribution in [0, 0.1) is 5.92 Å². The van der Waals surface area contributed by atoms with Gasteiger partial charge in [-0.2, -0.15) is 0 Å². The number of aliphatic carboxylic acids is 1. The van der Waals surface area contributed by atoms with Crippen LogP contribution in [0.3, 0.4) is 0 Å². The maximum atomic E-state index is 11.5. The van der Waals surface area contributed by atoms with E-state index < -0.39 is 5.97 Å². The molecular formula is C11H20N2O3. The molecule has 3 atom stereocenters. The third-order valence-electron chi connectivity index (χ3n) is 3.01. The van der Waals surface area contributed by atoms with E-state index in [9.17, 15) is 9.59 Å². The first-order valence-electron chi connectivity index (χ1n) is 5.85. The molecule has 0 radical (unpaired) electrons. The summed E-state index contributed by atoms with van der Waals surface area (Å²) in [4.78, 5) is 22.0. The second-order valence-electron chi connectivity index (χ2n) is 4.33. The number of carboxylic acids is 1. The van der Waals surface area contributed by atoms with Crippen molar-refractivity contribution in [1.29, 1.82) is 0 Å². The summed E-state index contributed by atoms with van der Waals surface area (Å²) >= 11 is 0. The molecule has 0 aromatic carbocycles. The molecule has 0 aliphatic heterocycles. The average molecular weight is 228 g/mol. The molecule has 92 valence electrons. The third-order valence-corrected chi connectivity index (χ3v) is 3.01. The number of amides is 2. The standard InChI is InChI=1S/C11H20N2O3/c1-3-7-5-9(7)13-11(16)12-8(4-2)6-10(14)15/h7-9H,3-6H2,1-2H3,(H,14,15)(H2,12,13,16). The van der Waals surface area contributed by atoms with Gasteiger partial charge < -0.3 is 15.7 Å². The number of carboxylic acid groups (broad SMARTS) is 1. The lowest BCUT2D eigenvalue weighted by atomic mass is 10.1. The number of carbonyl (C=O) groups excluding carboxylic acids is 1. The highest BCUT2D eigenvalue weighted by atomic mass is 16.4. The van der Waals surface area contributed by atoms with E-state index in [1.807, 2.05) is 6.92 Å². The molecule has 1 saturated carbocycles. The van der Waals surface area contributed by atoms with Crippen molar-refractivity contribution < 1.29 is 14.7 Å². The van der Waals surface area contributed by atoms with Crippen molar-refractivity contribution in [3.05, 3.63) is 0 Å². The Morgan fingerprint density at radius 2 is 2.12 bits per heavy atom. The lowest BCUT2D eigenvalue weighted by Crippen LogP contribution is -2.43. The van der Waals surface area contributed by atoms with Crippen LogP contribution in [0.15, 0.2) is 0 Å². The SMILES string of the molecule is CCC(CC(=O)O)NC(=O)NC1CC1CC. The van der Waals surface area contributed by atoms with Crippen molar-refractivity contribution in [1.82, 2.24) is 10.6 Å². The lowest BCUT2D eigenvalue weighted by molar-refractivity contribution is -0.137. The fourth-order valence-corrected chi connectivity index (χ4v) is 1.78. The van der Waals surface area contributed by atoms with E-state index in [0.717, 1.165) is 12.8 Å². The van der Waals surface area contributed by atoms with E-state index in [0.29, 0.717) is 12.3 Å². The predicted octanol–water partition coefficient (Wildman–Crippen LogP) is 1.34. The summed E-state index contributed by atoms with van der Waals surface area (Å²) in [6.45, 7) is 3.96. The van der Waals surface area contributed by atoms with E-state index >= 15 is 0 Å². The number of rotatable bonds is 6. The van der Waals surface area contributed by atoms with Crippen LogP contribution in [0.5, 0.6) is 0 Å². The summed E-state index contributed by atoms with van der Waals surface area (Å²) in [6.07, 6.45) is 2.73. The summed E-state index contributed by atoms with van der Waals surface area (Å²) < 4.78 is 0. The maximum Gasteiger partial charge on any atom is 0.315 e. The van der Waals surface area contributed by atoms with Crippen LogP contribution in [-0.2, 0) is 4.79 Å². The molecule has 16 heavy (non-hydrogen) atoms. The highest BCUT2D eigenvalue weighted by Gasteiger charge is 2.36. The minimum atomic E-state index is -0.884. The summed E-state index contributed by atoms with van der Waals surface area (Å²) in [5, 5.41) is 14.2. The molecule has 1 fully saturated rings. The number of nitrogens with one attached hydrogen (secondary N) is 2. The van der Waals surface area contributed by atoms with Gasteiger partial charge in [0.25, 0.3) is 0 Å². The zero-order chi connectivity index (χ0) is 12.1. The minimum absolute atomic E-state index is 0.0220. The molecular weight excluding hydrogens is 208 g/mol. The molecule has 0 heterocycles. The van der Waals surface area contributed by atoms with Gasteiger partial charge in [-0.15, -0.1) is 0 Å². The van der Waals surface area contributed by atoms with Gasteiger partial charge in [-0.25, -0.2) is 4.79 Å². The molecule has 0 saturated heterocycles. The summed E-state index contributed by atoms with van der Waals surface area (Å²) in [5.74, 6) is -0.282.